The Morgan fingerprint density at radius 2 is 1.85 bits per heavy atom. The van der Waals surface area contributed by atoms with Crippen LogP contribution in [0.3, 0.4) is 0 Å². The predicted molar refractivity (Wildman–Crippen MR) is 111 cm³/mol. The van der Waals surface area contributed by atoms with Crippen molar-refractivity contribution in [2.75, 3.05) is 4.90 Å². The summed E-state index contributed by atoms with van der Waals surface area (Å²) in [4.78, 5) is 28.4. The molecule has 3 heterocycles. The lowest BCUT2D eigenvalue weighted by Crippen LogP contribution is -2.38. The van der Waals surface area contributed by atoms with Crippen LogP contribution in [0.2, 0.25) is 0 Å². The number of carbonyl (C=O) groups is 1. The van der Waals surface area contributed by atoms with Gasteiger partial charge in [-0.1, -0.05) is 28.1 Å². The third-order valence-electron chi connectivity index (χ3n) is 5.83. The minimum atomic E-state index is -0.205. The van der Waals surface area contributed by atoms with Gasteiger partial charge in [0, 0.05) is 33.8 Å². The second-order valence-corrected chi connectivity index (χ2v) is 8.56. The Morgan fingerprint density at radius 1 is 1.07 bits per heavy atom. The van der Waals surface area contributed by atoms with Crippen LogP contribution in [-0.2, 0) is 12.8 Å². The van der Waals surface area contributed by atoms with Gasteiger partial charge in [0.05, 0.1) is 5.52 Å². The van der Waals surface area contributed by atoms with Crippen LogP contribution in [-0.4, -0.2) is 16.5 Å². The molecule has 0 unspecified atom stereocenters. The van der Waals surface area contributed by atoms with Crippen LogP contribution >= 0.6 is 15.9 Å². The SMILES string of the molecule is C[C@@H]1Cc2cccc3c(=O)c(C(=O)N4c5ccc(Br)cc5C[C@@H]4C)cn1c23. The molecule has 0 saturated carbocycles. The third-order valence-corrected chi connectivity index (χ3v) is 6.33. The van der Waals surface area contributed by atoms with Gasteiger partial charge in [-0.05, 0) is 62.1 Å². The molecule has 136 valence electrons. The first-order chi connectivity index (χ1) is 13.0. The van der Waals surface area contributed by atoms with Crippen molar-refractivity contribution in [2.45, 2.75) is 38.8 Å². The van der Waals surface area contributed by atoms with E-state index >= 15 is 0 Å². The molecule has 0 aliphatic carbocycles. The zero-order chi connectivity index (χ0) is 18.9. The molecule has 5 heteroatoms. The van der Waals surface area contributed by atoms with Crippen molar-refractivity contribution in [2.24, 2.45) is 0 Å². The Labute approximate surface area is 165 Å². The van der Waals surface area contributed by atoms with E-state index in [2.05, 4.69) is 39.6 Å². The van der Waals surface area contributed by atoms with Crippen molar-refractivity contribution in [1.82, 2.24) is 4.57 Å². The first-order valence-electron chi connectivity index (χ1n) is 9.24. The maximum atomic E-state index is 13.5. The van der Waals surface area contributed by atoms with Crippen molar-refractivity contribution in [1.29, 1.82) is 0 Å². The van der Waals surface area contributed by atoms with Gasteiger partial charge in [-0.25, -0.2) is 0 Å². The summed E-state index contributed by atoms with van der Waals surface area (Å²) in [7, 11) is 0. The first kappa shape index (κ1) is 16.8. The topological polar surface area (TPSA) is 42.3 Å². The number of halogens is 1. The number of para-hydroxylation sites is 1. The van der Waals surface area contributed by atoms with Crippen LogP contribution in [0.4, 0.5) is 5.69 Å². The summed E-state index contributed by atoms with van der Waals surface area (Å²) in [5.41, 5.74) is 4.28. The normalized spacial score (nSPS) is 20.3. The summed E-state index contributed by atoms with van der Waals surface area (Å²) in [5, 5.41) is 0.644. The molecule has 0 saturated heterocycles. The second kappa shape index (κ2) is 5.80. The van der Waals surface area contributed by atoms with Crippen LogP contribution in [0.1, 0.15) is 41.4 Å². The van der Waals surface area contributed by atoms with Gasteiger partial charge >= 0.3 is 0 Å². The molecule has 0 N–H and O–H groups in total. The Morgan fingerprint density at radius 3 is 2.67 bits per heavy atom. The van der Waals surface area contributed by atoms with Crippen LogP contribution < -0.4 is 10.3 Å². The number of carbonyl (C=O) groups excluding carboxylic acids is 1. The minimum absolute atomic E-state index is 0.0271. The Kier molecular flexibility index (Phi) is 3.60. The van der Waals surface area contributed by atoms with E-state index in [1.807, 2.05) is 31.2 Å². The molecule has 0 spiro atoms. The third kappa shape index (κ3) is 2.34. The van der Waals surface area contributed by atoms with Crippen molar-refractivity contribution in [3.8, 4) is 0 Å². The molecule has 0 fully saturated rings. The summed E-state index contributed by atoms with van der Waals surface area (Å²) < 4.78 is 3.10. The smallest absolute Gasteiger partial charge is 0.264 e. The molecule has 2 aromatic carbocycles. The van der Waals surface area contributed by atoms with Crippen molar-refractivity contribution in [3.63, 3.8) is 0 Å². The van der Waals surface area contributed by atoms with E-state index < -0.39 is 0 Å². The fourth-order valence-corrected chi connectivity index (χ4v) is 5.02. The molecule has 3 aromatic rings. The maximum absolute atomic E-state index is 13.5. The fraction of sp³-hybridized carbons (Fsp3) is 0.273. The van der Waals surface area contributed by atoms with E-state index in [0.717, 1.165) is 34.1 Å². The van der Waals surface area contributed by atoms with Gasteiger partial charge in [0.15, 0.2) is 0 Å². The van der Waals surface area contributed by atoms with E-state index in [4.69, 9.17) is 0 Å². The molecular formula is C22H19BrN2O2. The van der Waals surface area contributed by atoms with Crippen molar-refractivity contribution < 1.29 is 4.79 Å². The molecule has 2 aliphatic heterocycles. The Bertz CT molecular complexity index is 1180. The van der Waals surface area contributed by atoms with Gasteiger partial charge < -0.3 is 9.47 Å². The second-order valence-electron chi connectivity index (χ2n) is 7.65. The number of benzene rings is 2. The van der Waals surface area contributed by atoms with Gasteiger partial charge in [0.1, 0.15) is 5.56 Å². The van der Waals surface area contributed by atoms with E-state index in [1.165, 1.54) is 5.56 Å². The first-order valence-corrected chi connectivity index (χ1v) is 10.0. The molecule has 1 amide bonds. The number of nitrogens with zero attached hydrogens (tertiary/aromatic N) is 2. The zero-order valence-electron chi connectivity index (χ0n) is 15.2. The largest absolute Gasteiger partial charge is 0.343 e. The van der Waals surface area contributed by atoms with Crippen LogP contribution in [0.25, 0.3) is 10.9 Å². The molecular weight excluding hydrogens is 404 g/mol. The monoisotopic (exact) mass is 422 g/mol. The van der Waals surface area contributed by atoms with Crippen LogP contribution in [0.15, 0.2) is 51.9 Å². The lowest BCUT2D eigenvalue weighted by Gasteiger charge is -2.23. The summed E-state index contributed by atoms with van der Waals surface area (Å²) in [6.07, 6.45) is 3.46. The standard InChI is InChI=1S/C22H19BrN2O2/c1-12-8-14-4-3-5-17-20(14)24(12)11-18(21(17)26)22(27)25-13(2)9-15-10-16(23)6-7-19(15)25/h3-7,10-13H,8-9H2,1-2H3/t12-,13+/m1/s1. The number of hydrogen-bond acceptors (Lipinski definition) is 2. The van der Waals surface area contributed by atoms with E-state index in [9.17, 15) is 9.59 Å². The van der Waals surface area contributed by atoms with E-state index in [1.54, 1.807) is 11.1 Å². The maximum Gasteiger partial charge on any atom is 0.264 e. The van der Waals surface area contributed by atoms with Gasteiger partial charge in [-0.15, -0.1) is 0 Å². The highest BCUT2D eigenvalue weighted by Gasteiger charge is 2.34. The number of aromatic nitrogens is 1. The molecule has 2 atom stereocenters. The molecule has 1 aromatic heterocycles. The van der Waals surface area contributed by atoms with Crippen LogP contribution in [0, 0.1) is 0 Å². The number of hydrogen-bond donors (Lipinski definition) is 0. The number of fused-ring (bicyclic) bond motifs is 1. The van der Waals surface area contributed by atoms with Gasteiger partial charge in [-0.2, -0.15) is 0 Å². The van der Waals surface area contributed by atoms with E-state index in [-0.39, 0.29) is 29.0 Å². The molecule has 27 heavy (non-hydrogen) atoms. The van der Waals surface area contributed by atoms with Crippen LogP contribution in [0.5, 0.6) is 0 Å². The van der Waals surface area contributed by atoms with E-state index in [0.29, 0.717) is 5.39 Å². The summed E-state index contributed by atoms with van der Waals surface area (Å²) in [6, 6.07) is 12.1. The number of amides is 1. The summed E-state index contributed by atoms with van der Waals surface area (Å²) >= 11 is 3.50. The fourth-order valence-electron chi connectivity index (χ4n) is 4.61. The average Bonchev–Trinajstić information content (AvgIpc) is 3.13. The number of pyridine rings is 1. The molecule has 0 radical (unpaired) electrons. The highest BCUT2D eigenvalue weighted by atomic mass is 79.9. The van der Waals surface area contributed by atoms with Crippen molar-refractivity contribution >= 4 is 38.4 Å². The highest BCUT2D eigenvalue weighted by molar-refractivity contribution is 9.10. The molecule has 5 rings (SSSR count). The molecule has 2 aliphatic rings. The quantitative estimate of drug-likeness (QED) is 0.580. The Balaban J connectivity index is 1.69. The number of rotatable bonds is 1. The lowest BCUT2D eigenvalue weighted by atomic mass is 10.1. The summed E-state index contributed by atoms with van der Waals surface area (Å²) in [5.74, 6) is -0.205. The van der Waals surface area contributed by atoms with Gasteiger partial charge in [0.2, 0.25) is 5.43 Å². The molecule has 4 nitrogen and oxygen atoms in total. The average molecular weight is 423 g/mol. The highest BCUT2D eigenvalue weighted by Crippen LogP contribution is 2.36. The Hall–Kier alpha value is -2.40. The zero-order valence-corrected chi connectivity index (χ0v) is 16.8. The summed E-state index contributed by atoms with van der Waals surface area (Å²) in [6.45, 7) is 4.16. The lowest BCUT2D eigenvalue weighted by molar-refractivity contribution is 0.0980. The predicted octanol–water partition coefficient (Wildman–Crippen LogP) is 4.47. The van der Waals surface area contributed by atoms with Crippen molar-refractivity contribution in [3.05, 3.63) is 74.0 Å². The van der Waals surface area contributed by atoms with Gasteiger partial charge in [-0.3, -0.25) is 9.59 Å². The van der Waals surface area contributed by atoms with Gasteiger partial charge in [0.25, 0.3) is 5.91 Å². The molecule has 0 bridgehead atoms. The number of anilines is 1. The minimum Gasteiger partial charge on any atom is -0.343 e.